The first-order valence-corrected chi connectivity index (χ1v) is 4.30. The van der Waals surface area contributed by atoms with E-state index in [9.17, 15) is 0 Å². The molecule has 0 heterocycles. The lowest BCUT2D eigenvalue weighted by molar-refractivity contribution is -0.151. The molecule has 0 saturated heterocycles. The van der Waals surface area contributed by atoms with Crippen LogP contribution in [0, 0.1) is 5.41 Å². The standard InChI is InChI=1S/C9H18O3/c1-10-6-9(7-11-2)5-4-8(9)12-3/h8H,4-7H2,1-3H3. The van der Waals surface area contributed by atoms with E-state index in [2.05, 4.69) is 0 Å². The van der Waals surface area contributed by atoms with Gasteiger partial charge in [0.05, 0.1) is 19.3 Å². The maximum Gasteiger partial charge on any atom is 0.0672 e. The molecule has 1 atom stereocenters. The Balaban J connectivity index is 2.47. The van der Waals surface area contributed by atoms with E-state index in [-0.39, 0.29) is 5.41 Å². The first-order chi connectivity index (χ1) is 5.79. The summed E-state index contributed by atoms with van der Waals surface area (Å²) >= 11 is 0. The first-order valence-electron chi connectivity index (χ1n) is 4.30. The van der Waals surface area contributed by atoms with Crippen LogP contribution in [0.4, 0.5) is 0 Å². The van der Waals surface area contributed by atoms with Gasteiger partial charge in [-0.3, -0.25) is 0 Å². The Bertz CT molecular complexity index is 128. The monoisotopic (exact) mass is 174 g/mol. The van der Waals surface area contributed by atoms with Gasteiger partial charge in [-0.25, -0.2) is 0 Å². The summed E-state index contributed by atoms with van der Waals surface area (Å²) in [7, 11) is 5.20. The van der Waals surface area contributed by atoms with Gasteiger partial charge in [-0.15, -0.1) is 0 Å². The van der Waals surface area contributed by atoms with Crippen LogP contribution in [0.5, 0.6) is 0 Å². The number of methoxy groups -OCH3 is 3. The van der Waals surface area contributed by atoms with E-state index in [1.165, 1.54) is 0 Å². The third-order valence-corrected chi connectivity index (χ3v) is 2.74. The van der Waals surface area contributed by atoms with Crippen LogP contribution >= 0.6 is 0 Å². The summed E-state index contributed by atoms with van der Waals surface area (Å²) in [6.45, 7) is 1.47. The largest absolute Gasteiger partial charge is 0.384 e. The van der Waals surface area contributed by atoms with Gasteiger partial charge < -0.3 is 14.2 Å². The zero-order valence-corrected chi connectivity index (χ0v) is 8.13. The molecule has 0 radical (unpaired) electrons. The third-order valence-electron chi connectivity index (χ3n) is 2.74. The molecule has 1 aliphatic carbocycles. The minimum atomic E-state index is 0.123. The maximum absolute atomic E-state index is 5.35. The predicted octanol–water partition coefficient (Wildman–Crippen LogP) is 1.07. The fourth-order valence-corrected chi connectivity index (χ4v) is 1.99. The van der Waals surface area contributed by atoms with E-state index >= 15 is 0 Å². The van der Waals surface area contributed by atoms with E-state index in [0.717, 1.165) is 26.1 Å². The van der Waals surface area contributed by atoms with Gasteiger partial charge in [0.15, 0.2) is 0 Å². The van der Waals surface area contributed by atoms with Gasteiger partial charge in [0.2, 0.25) is 0 Å². The van der Waals surface area contributed by atoms with Gasteiger partial charge in [-0.1, -0.05) is 0 Å². The summed E-state index contributed by atoms with van der Waals surface area (Å²) < 4.78 is 15.7. The van der Waals surface area contributed by atoms with Crippen LogP contribution < -0.4 is 0 Å². The zero-order chi connectivity index (χ0) is 9.03. The molecule has 1 saturated carbocycles. The van der Waals surface area contributed by atoms with Gasteiger partial charge in [0, 0.05) is 26.7 Å². The Kier molecular flexibility index (Phi) is 3.50. The molecule has 0 N–H and O–H groups in total. The van der Waals surface area contributed by atoms with Crippen molar-refractivity contribution in [2.24, 2.45) is 5.41 Å². The Hall–Kier alpha value is -0.120. The number of hydrogen-bond acceptors (Lipinski definition) is 3. The molecule has 1 rings (SSSR count). The lowest BCUT2D eigenvalue weighted by Gasteiger charge is -2.47. The minimum Gasteiger partial charge on any atom is -0.384 e. The fourth-order valence-electron chi connectivity index (χ4n) is 1.99. The van der Waals surface area contributed by atoms with E-state index in [4.69, 9.17) is 14.2 Å². The van der Waals surface area contributed by atoms with E-state index < -0.39 is 0 Å². The topological polar surface area (TPSA) is 27.7 Å². The molecule has 0 spiro atoms. The molecule has 0 aromatic rings. The smallest absolute Gasteiger partial charge is 0.0672 e. The van der Waals surface area contributed by atoms with Crippen LogP contribution in [0.25, 0.3) is 0 Å². The second-order valence-electron chi connectivity index (χ2n) is 3.49. The Morgan fingerprint density at radius 2 is 1.75 bits per heavy atom. The van der Waals surface area contributed by atoms with Crippen molar-refractivity contribution in [1.29, 1.82) is 0 Å². The highest BCUT2D eigenvalue weighted by atomic mass is 16.5. The SMILES string of the molecule is COCC1(COC)CCC1OC. The molecule has 1 fully saturated rings. The van der Waals surface area contributed by atoms with Crippen molar-refractivity contribution in [2.45, 2.75) is 18.9 Å². The lowest BCUT2D eigenvalue weighted by Crippen LogP contribution is -2.52. The van der Waals surface area contributed by atoms with Crippen molar-refractivity contribution in [1.82, 2.24) is 0 Å². The van der Waals surface area contributed by atoms with Crippen LogP contribution in [0.1, 0.15) is 12.8 Å². The molecule has 3 nitrogen and oxygen atoms in total. The summed E-state index contributed by atoms with van der Waals surface area (Å²) in [5.74, 6) is 0. The highest BCUT2D eigenvalue weighted by Gasteiger charge is 2.47. The quantitative estimate of drug-likeness (QED) is 0.624. The summed E-state index contributed by atoms with van der Waals surface area (Å²) in [5.41, 5.74) is 0.123. The van der Waals surface area contributed by atoms with E-state index in [1.54, 1.807) is 21.3 Å². The predicted molar refractivity (Wildman–Crippen MR) is 46.2 cm³/mol. The molecule has 1 aliphatic rings. The van der Waals surface area contributed by atoms with Crippen LogP contribution in [0.3, 0.4) is 0 Å². The Morgan fingerprint density at radius 1 is 1.17 bits per heavy atom. The van der Waals surface area contributed by atoms with Crippen LogP contribution in [0.15, 0.2) is 0 Å². The molecule has 0 aliphatic heterocycles. The summed E-state index contributed by atoms with van der Waals surface area (Å²) in [6, 6.07) is 0. The normalized spacial score (nSPS) is 26.8. The maximum atomic E-state index is 5.35. The molecule has 1 unspecified atom stereocenters. The zero-order valence-electron chi connectivity index (χ0n) is 8.13. The average molecular weight is 174 g/mol. The molecule has 0 bridgehead atoms. The highest BCUT2D eigenvalue weighted by molar-refractivity contribution is 4.96. The summed E-state index contributed by atoms with van der Waals surface area (Å²) in [6.07, 6.45) is 2.59. The molecule has 12 heavy (non-hydrogen) atoms. The summed E-state index contributed by atoms with van der Waals surface area (Å²) in [5, 5.41) is 0. The lowest BCUT2D eigenvalue weighted by atomic mass is 9.67. The van der Waals surface area contributed by atoms with Gasteiger partial charge in [0.25, 0.3) is 0 Å². The van der Waals surface area contributed by atoms with Crippen molar-refractivity contribution in [3.8, 4) is 0 Å². The molecular weight excluding hydrogens is 156 g/mol. The Labute approximate surface area is 74.0 Å². The highest BCUT2D eigenvalue weighted by Crippen LogP contribution is 2.43. The molecule has 0 aromatic heterocycles. The average Bonchev–Trinajstić information content (AvgIpc) is 2.03. The van der Waals surface area contributed by atoms with Crippen molar-refractivity contribution in [2.75, 3.05) is 34.5 Å². The van der Waals surface area contributed by atoms with Gasteiger partial charge in [0.1, 0.15) is 0 Å². The van der Waals surface area contributed by atoms with Gasteiger partial charge in [-0.05, 0) is 12.8 Å². The number of hydrogen-bond donors (Lipinski definition) is 0. The fraction of sp³-hybridized carbons (Fsp3) is 1.00. The molecule has 72 valence electrons. The summed E-state index contributed by atoms with van der Waals surface area (Å²) in [4.78, 5) is 0. The number of rotatable bonds is 5. The molecular formula is C9H18O3. The Morgan fingerprint density at radius 3 is 2.00 bits per heavy atom. The van der Waals surface area contributed by atoms with Crippen molar-refractivity contribution < 1.29 is 14.2 Å². The second-order valence-corrected chi connectivity index (χ2v) is 3.49. The molecule has 3 heteroatoms. The molecule has 0 aromatic carbocycles. The minimum absolute atomic E-state index is 0.123. The second kappa shape index (κ2) is 4.21. The van der Waals surface area contributed by atoms with E-state index in [1.807, 2.05) is 0 Å². The number of ether oxygens (including phenoxy) is 3. The van der Waals surface area contributed by atoms with Crippen LogP contribution in [0.2, 0.25) is 0 Å². The third kappa shape index (κ3) is 1.63. The van der Waals surface area contributed by atoms with E-state index in [0.29, 0.717) is 6.10 Å². The van der Waals surface area contributed by atoms with Gasteiger partial charge >= 0.3 is 0 Å². The van der Waals surface area contributed by atoms with Crippen LogP contribution in [-0.2, 0) is 14.2 Å². The van der Waals surface area contributed by atoms with Crippen LogP contribution in [-0.4, -0.2) is 40.6 Å². The molecule has 0 amide bonds. The van der Waals surface area contributed by atoms with Crippen molar-refractivity contribution >= 4 is 0 Å². The van der Waals surface area contributed by atoms with Crippen molar-refractivity contribution in [3.63, 3.8) is 0 Å². The van der Waals surface area contributed by atoms with Gasteiger partial charge in [-0.2, -0.15) is 0 Å². The first kappa shape index (κ1) is 9.96. The van der Waals surface area contributed by atoms with Crippen molar-refractivity contribution in [3.05, 3.63) is 0 Å².